The van der Waals surface area contributed by atoms with E-state index in [1.54, 1.807) is 26.0 Å². The molecular weight excluding hydrogens is 821 g/mol. The normalized spacial score (nSPS) is 19.1. The molecule has 8 nitrogen and oxygen atoms in total. The van der Waals surface area contributed by atoms with E-state index in [0.29, 0.717) is 34.9 Å². The van der Waals surface area contributed by atoms with Crippen molar-refractivity contribution >= 4 is 64.8 Å². The number of benzene rings is 3. The van der Waals surface area contributed by atoms with Crippen LogP contribution in [0.15, 0.2) is 88.4 Å². The lowest BCUT2D eigenvalue weighted by Crippen LogP contribution is -2.71. The van der Waals surface area contributed by atoms with Crippen molar-refractivity contribution in [3.63, 3.8) is 0 Å². The van der Waals surface area contributed by atoms with Crippen molar-refractivity contribution in [1.29, 1.82) is 0 Å². The van der Waals surface area contributed by atoms with Gasteiger partial charge in [-0.15, -0.1) is 0 Å². The average molecular weight is 877 g/mol. The molecule has 59 heavy (non-hydrogen) atoms. The molecule has 4 aliphatic rings. The summed E-state index contributed by atoms with van der Waals surface area (Å²) in [5, 5.41) is 24.5. The predicted molar refractivity (Wildman–Crippen MR) is 239 cm³/mol. The van der Waals surface area contributed by atoms with E-state index in [4.69, 9.17) is 14.2 Å². The van der Waals surface area contributed by atoms with Crippen molar-refractivity contribution in [2.24, 2.45) is 5.41 Å². The van der Waals surface area contributed by atoms with Crippen molar-refractivity contribution in [2.45, 2.75) is 153 Å². The maximum atomic E-state index is 15.8. The number of fused-ring (bicyclic) bond motifs is 1. The van der Waals surface area contributed by atoms with E-state index in [0.717, 1.165) is 40.2 Å². The molecule has 0 saturated carbocycles. The minimum atomic E-state index is -2.66. The van der Waals surface area contributed by atoms with E-state index in [1.165, 1.54) is 23.5 Å². The van der Waals surface area contributed by atoms with Gasteiger partial charge in [-0.05, 0) is 100 Å². The maximum absolute atomic E-state index is 15.8. The lowest BCUT2D eigenvalue weighted by atomic mass is 9.73. The first kappa shape index (κ1) is 45.1. The molecule has 1 unspecified atom stereocenters. The Balaban J connectivity index is 1.84. The molecular formula is C47H56O8S4. The smallest absolute Gasteiger partial charge is 0.364 e. The summed E-state index contributed by atoms with van der Waals surface area (Å²) in [5.41, 5.74) is -0.933. The number of phenolic OH excluding ortho intramolecular Hbond substituents is 2. The Morgan fingerprint density at radius 3 is 1.41 bits per heavy atom. The van der Waals surface area contributed by atoms with Gasteiger partial charge in [-0.25, -0.2) is 9.59 Å². The molecule has 316 valence electrons. The summed E-state index contributed by atoms with van der Waals surface area (Å²) in [7, 11) is 0. The Kier molecular flexibility index (Phi) is 11.8. The first-order valence-corrected chi connectivity index (χ1v) is 23.1. The van der Waals surface area contributed by atoms with Gasteiger partial charge in [-0.2, -0.15) is 0 Å². The molecule has 3 heterocycles. The topological polar surface area (TPSA) is 119 Å². The van der Waals surface area contributed by atoms with E-state index in [9.17, 15) is 19.8 Å². The van der Waals surface area contributed by atoms with Crippen LogP contribution in [0.1, 0.15) is 114 Å². The number of hydrogen-bond acceptors (Lipinski definition) is 12. The molecule has 0 fully saturated rings. The number of phenols is 2. The molecule has 0 amide bonds. The Hall–Kier alpha value is -3.45. The van der Waals surface area contributed by atoms with Gasteiger partial charge in [0, 0.05) is 0 Å². The lowest BCUT2D eigenvalue weighted by molar-refractivity contribution is -0.184. The van der Waals surface area contributed by atoms with Gasteiger partial charge < -0.3 is 24.4 Å². The van der Waals surface area contributed by atoms with E-state index < -0.39 is 33.5 Å². The van der Waals surface area contributed by atoms with Crippen molar-refractivity contribution in [1.82, 2.24) is 0 Å². The summed E-state index contributed by atoms with van der Waals surface area (Å²) in [6.45, 7) is 27.8. The summed E-state index contributed by atoms with van der Waals surface area (Å²) in [4.78, 5) is 48.8. The molecule has 2 N–H and O–H groups in total. The second-order valence-corrected chi connectivity index (χ2v) is 23.8. The van der Waals surface area contributed by atoms with Crippen LogP contribution in [0.3, 0.4) is 0 Å². The van der Waals surface area contributed by atoms with Crippen LogP contribution in [-0.4, -0.2) is 51.5 Å². The molecule has 3 aromatic rings. The number of esters is 2. The van der Waals surface area contributed by atoms with Gasteiger partial charge in [-0.1, -0.05) is 136 Å². The van der Waals surface area contributed by atoms with Gasteiger partial charge in [0.05, 0.1) is 47.5 Å². The van der Waals surface area contributed by atoms with Crippen LogP contribution in [-0.2, 0) is 40.1 Å². The van der Waals surface area contributed by atoms with Gasteiger partial charge in [-0.3, -0.25) is 4.79 Å². The minimum Gasteiger partial charge on any atom is -0.506 e. The number of allylic oxidation sites excluding steroid dienone is 3. The van der Waals surface area contributed by atoms with Crippen LogP contribution < -0.4 is 4.74 Å². The first-order valence-electron chi connectivity index (χ1n) is 19.9. The van der Waals surface area contributed by atoms with Gasteiger partial charge in [0.1, 0.15) is 17.2 Å². The van der Waals surface area contributed by atoms with Crippen molar-refractivity contribution in [3.05, 3.63) is 75.7 Å². The zero-order valence-corrected chi connectivity index (χ0v) is 39.8. The third-order valence-electron chi connectivity index (χ3n) is 10.6. The molecule has 3 aliphatic heterocycles. The largest absolute Gasteiger partial charge is 0.506 e. The Morgan fingerprint density at radius 2 is 1.00 bits per heavy atom. The maximum Gasteiger partial charge on any atom is 0.364 e. The summed E-state index contributed by atoms with van der Waals surface area (Å²) < 4.78 is 16.4. The van der Waals surface area contributed by atoms with Crippen LogP contribution in [0.25, 0.3) is 0 Å². The first-order chi connectivity index (χ1) is 27.2. The highest BCUT2D eigenvalue weighted by Gasteiger charge is 2.73. The van der Waals surface area contributed by atoms with Crippen LogP contribution in [0.5, 0.6) is 17.2 Å². The van der Waals surface area contributed by atoms with Crippen LogP contribution in [0, 0.1) is 5.41 Å². The monoisotopic (exact) mass is 876 g/mol. The van der Waals surface area contributed by atoms with Crippen molar-refractivity contribution in [3.8, 4) is 17.2 Å². The fourth-order valence-electron chi connectivity index (χ4n) is 6.93. The number of ether oxygens (including phenoxy) is 3. The van der Waals surface area contributed by atoms with Crippen LogP contribution in [0.4, 0.5) is 0 Å². The zero-order chi connectivity index (χ0) is 43.8. The number of ketones is 1. The number of hydrogen-bond donors (Lipinski definition) is 2. The zero-order valence-electron chi connectivity index (χ0n) is 36.5. The van der Waals surface area contributed by atoms with E-state index in [1.807, 2.05) is 57.2 Å². The molecule has 1 spiro atoms. The third kappa shape index (κ3) is 8.08. The van der Waals surface area contributed by atoms with E-state index >= 15 is 4.79 Å². The molecule has 1 aliphatic carbocycles. The number of carbonyl (C=O) groups excluding carboxylic acids is 3. The van der Waals surface area contributed by atoms with Crippen molar-refractivity contribution in [2.75, 3.05) is 13.2 Å². The SMILES string of the molecule is CCOC(=O)C1(C(=O)OCC)Oc2c3cc(C(C)(C)C)cc2SC12C=C(C(C)(C)C)C=C(Sc1cc(C(C)(C)C)cc(c1O)Sc1cc(C(C)(C)C)cc(c1O)S3)C2=O. The number of Topliss-reactive ketones (excluding diaryl/α,β-unsaturated/α-hetero) is 1. The molecule has 0 saturated heterocycles. The number of aromatic hydroxyl groups is 2. The van der Waals surface area contributed by atoms with Gasteiger partial charge in [0.15, 0.2) is 10.5 Å². The Morgan fingerprint density at radius 1 is 0.610 bits per heavy atom. The van der Waals surface area contributed by atoms with E-state index in [2.05, 4.69) is 62.3 Å². The van der Waals surface area contributed by atoms with Gasteiger partial charge >= 0.3 is 17.5 Å². The second kappa shape index (κ2) is 15.5. The number of thioether (sulfide) groups is 2. The fraction of sp³-hybridized carbons (Fsp3) is 0.468. The molecule has 1 atom stereocenters. The summed E-state index contributed by atoms with van der Waals surface area (Å²) in [6.07, 6.45) is 3.48. The summed E-state index contributed by atoms with van der Waals surface area (Å²) >= 11 is 4.66. The second-order valence-electron chi connectivity index (χ2n) is 19.2. The molecule has 0 aromatic heterocycles. The number of rotatable bonds is 4. The highest BCUT2D eigenvalue weighted by Crippen LogP contribution is 2.62. The Labute approximate surface area is 366 Å². The standard InChI is InChI=1S/C47H56O8S4/c1-15-53-40(51)47(41(52)54-16-2)46-24-28(45(12,13)14)23-35(39(46)50)58-32-20-26(43(6,7)8)18-30(37(32)49)56-29-17-25(42(3,4)5)19-31(36(29)48)57-33-21-27(44(9,10)11)22-34(59-46)38(33)55-47/h17-24,48-49H,15-16H2,1-14H3. The molecule has 9 bridgehead atoms. The number of carbonyl (C=O) groups is 3. The fourth-order valence-corrected chi connectivity index (χ4v) is 11.9. The molecule has 3 aromatic carbocycles. The average Bonchev–Trinajstić information content (AvgIpc) is 3.10. The highest BCUT2D eigenvalue weighted by atomic mass is 32.2. The van der Waals surface area contributed by atoms with Crippen LogP contribution >= 0.6 is 47.0 Å². The highest BCUT2D eigenvalue weighted by molar-refractivity contribution is 8.05. The third-order valence-corrected chi connectivity index (χ3v) is 15.2. The lowest BCUT2D eigenvalue weighted by Gasteiger charge is -2.48. The minimum absolute atomic E-state index is 0.000685. The predicted octanol–water partition coefficient (Wildman–Crippen LogP) is 11.9. The van der Waals surface area contributed by atoms with Crippen molar-refractivity contribution < 1.29 is 38.8 Å². The quantitative estimate of drug-likeness (QED) is 0.192. The molecule has 0 radical (unpaired) electrons. The molecule has 7 rings (SSSR count). The summed E-state index contributed by atoms with van der Waals surface area (Å²) in [5.74, 6) is -2.56. The van der Waals surface area contributed by atoms with Gasteiger partial charge in [0.25, 0.3) is 0 Å². The van der Waals surface area contributed by atoms with E-state index in [-0.39, 0.29) is 51.6 Å². The molecule has 12 heteroatoms. The Bertz CT molecular complexity index is 2300. The van der Waals surface area contributed by atoms with Crippen LogP contribution in [0.2, 0.25) is 0 Å². The summed E-state index contributed by atoms with van der Waals surface area (Å²) in [6, 6.07) is 11.6. The van der Waals surface area contributed by atoms with Gasteiger partial charge in [0.2, 0.25) is 0 Å².